The highest BCUT2D eigenvalue weighted by atomic mass is 31.2. The first kappa shape index (κ1) is 51.8. The SMILES string of the molecule is CCCCCCCCCC/C=C/CCCCCC(=O)OC[C@H](COP(=O)(O)O)OC(=O)CCCCCCCCCCCCCCCCCCCCCC. The first-order valence-electron chi connectivity index (χ1n) is 22.5. The topological polar surface area (TPSA) is 119 Å². The van der Waals surface area contributed by atoms with Gasteiger partial charge in [-0.2, -0.15) is 0 Å². The molecule has 0 aromatic heterocycles. The molecule has 53 heavy (non-hydrogen) atoms. The number of ether oxygens (including phenoxy) is 2. The minimum absolute atomic E-state index is 0.215. The van der Waals surface area contributed by atoms with E-state index in [2.05, 4.69) is 30.5 Å². The highest BCUT2D eigenvalue weighted by molar-refractivity contribution is 7.46. The summed E-state index contributed by atoms with van der Waals surface area (Å²) in [6.07, 6.45) is 45.1. The van der Waals surface area contributed by atoms with E-state index < -0.39 is 32.5 Å². The predicted molar refractivity (Wildman–Crippen MR) is 221 cm³/mol. The van der Waals surface area contributed by atoms with Gasteiger partial charge in [-0.3, -0.25) is 14.1 Å². The number of hydrogen-bond acceptors (Lipinski definition) is 6. The van der Waals surface area contributed by atoms with E-state index in [-0.39, 0.29) is 19.4 Å². The molecule has 2 N–H and O–H groups in total. The highest BCUT2D eigenvalue weighted by Gasteiger charge is 2.22. The Morgan fingerprint density at radius 2 is 0.792 bits per heavy atom. The van der Waals surface area contributed by atoms with Gasteiger partial charge in [-0.25, -0.2) is 4.57 Å². The summed E-state index contributed by atoms with van der Waals surface area (Å²) >= 11 is 0. The molecule has 0 amide bonds. The van der Waals surface area contributed by atoms with Gasteiger partial charge in [0.1, 0.15) is 6.61 Å². The van der Waals surface area contributed by atoms with Gasteiger partial charge in [0.05, 0.1) is 6.61 Å². The van der Waals surface area contributed by atoms with E-state index >= 15 is 0 Å². The largest absolute Gasteiger partial charge is 0.469 e. The molecular weight excluding hydrogens is 687 g/mol. The fourth-order valence-corrected chi connectivity index (χ4v) is 7.02. The third-order valence-corrected chi connectivity index (χ3v) is 10.5. The first-order valence-corrected chi connectivity index (χ1v) is 24.0. The number of carbonyl (C=O) groups is 2. The zero-order chi connectivity index (χ0) is 38.9. The van der Waals surface area contributed by atoms with Crippen molar-refractivity contribution in [1.82, 2.24) is 0 Å². The molecular formula is C44H85O8P. The van der Waals surface area contributed by atoms with Crippen LogP contribution in [0.2, 0.25) is 0 Å². The molecule has 0 aliphatic rings. The van der Waals surface area contributed by atoms with Gasteiger partial charge < -0.3 is 19.3 Å². The summed E-state index contributed by atoms with van der Waals surface area (Å²) in [5, 5.41) is 0. The van der Waals surface area contributed by atoms with Crippen molar-refractivity contribution in [3.8, 4) is 0 Å². The van der Waals surface area contributed by atoms with Crippen LogP contribution in [0.1, 0.15) is 239 Å². The van der Waals surface area contributed by atoms with Gasteiger partial charge in [0.15, 0.2) is 6.10 Å². The maximum absolute atomic E-state index is 12.4. The third kappa shape index (κ3) is 43.4. The van der Waals surface area contributed by atoms with Gasteiger partial charge in [-0.05, 0) is 38.5 Å². The predicted octanol–water partition coefficient (Wildman–Crippen LogP) is 13.8. The summed E-state index contributed by atoms with van der Waals surface area (Å²) in [4.78, 5) is 42.9. The Hall–Kier alpha value is -1.21. The van der Waals surface area contributed by atoms with Crippen molar-refractivity contribution in [2.24, 2.45) is 0 Å². The molecule has 0 aromatic rings. The number of unbranched alkanes of at least 4 members (excludes halogenated alkanes) is 30. The Morgan fingerprint density at radius 3 is 1.17 bits per heavy atom. The number of allylic oxidation sites excluding steroid dienone is 2. The Balaban J connectivity index is 3.85. The lowest BCUT2D eigenvalue weighted by atomic mass is 10.0. The van der Waals surface area contributed by atoms with Crippen molar-refractivity contribution < 1.29 is 37.9 Å². The summed E-state index contributed by atoms with van der Waals surface area (Å²) in [5.41, 5.74) is 0. The van der Waals surface area contributed by atoms with Crippen LogP contribution in [0.4, 0.5) is 0 Å². The van der Waals surface area contributed by atoms with Crippen LogP contribution in [0.25, 0.3) is 0 Å². The smallest absolute Gasteiger partial charge is 0.462 e. The molecule has 0 saturated heterocycles. The van der Waals surface area contributed by atoms with Crippen LogP contribution in [-0.2, 0) is 28.2 Å². The molecule has 0 bridgehead atoms. The third-order valence-electron chi connectivity index (χ3n) is 10.0. The molecule has 9 heteroatoms. The minimum Gasteiger partial charge on any atom is -0.462 e. The average Bonchev–Trinajstić information content (AvgIpc) is 3.13. The molecule has 0 heterocycles. The van der Waals surface area contributed by atoms with E-state index in [1.54, 1.807) is 0 Å². The number of carbonyl (C=O) groups excluding carboxylic acids is 2. The van der Waals surface area contributed by atoms with Crippen molar-refractivity contribution >= 4 is 19.8 Å². The summed E-state index contributed by atoms with van der Waals surface area (Å²) in [7, 11) is -4.75. The quantitative estimate of drug-likeness (QED) is 0.0272. The monoisotopic (exact) mass is 773 g/mol. The van der Waals surface area contributed by atoms with Gasteiger partial charge in [0.25, 0.3) is 0 Å². The average molecular weight is 773 g/mol. The van der Waals surface area contributed by atoms with Crippen LogP contribution in [-0.4, -0.2) is 41.0 Å². The molecule has 0 fully saturated rings. The molecule has 0 unspecified atom stereocenters. The second kappa shape index (κ2) is 40.5. The van der Waals surface area contributed by atoms with E-state index in [0.29, 0.717) is 12.8 Å². The first-order chi connectivity index (χ1) is 25.8. The lowest BCUT2D eigenvalue weighted by Gasteiger charge is -2.18. The number of hydrogen-bond donors (Lipinski definition) is 2. The lowest BCUT2D eigenvalue weighted by molar-refractivity contribution is -0.161. The van der Waals surface area contributed by atoms with Crippen molar-refractivity contribution in [3.05, 3.63) is 12.2 Å². The highest BCUT2D eigenvalue weighted by Crippen LogP contribution is 2.36. The van der Waals surface area contributed by atoms with Crippen molar-refractivity contribution in [1.29, 1.82) is 0 Å². The molecule has 314 valence electrons. The Morgan fingerprint density at radius 1 is 0.472 bits per heavy atom. The van der Waals surface area contributed by atoms with Gasteiger partial charge in [0.2, 0.25) is 0 Å². The second-order valence-corrected chi connectivity index (χ2v) is 16.6. The maximum atomic E-state index is 12.4. The van der Waals surface area contributed by atoms with Crippen molar-refractivity contribution in [2.75, 3.05) is 13.2 Å². The van der Waals surface area contributed by atoms with Crippen molar-refractivity contribution in [2.45, 2.75) is 245 Å². The van der Waals surface area contributed by atoms with Gasteiger partial charge >= 0.3 is 19.8 Å². The summed E-state index contributed by atoms with van der Waals surface area (Å²) < 4.78 is 26.4. The van der Waals surface area contributed by atoms with E-state index in [1.807, 2.05) is 0 Å². The van der Waals surface area contributed by atoms with E-state index in [9.17, 15) is 14.2 Å². The van der Waals surface area contributed by atoms with Crippen LogP contribution in [0.3, 0.4) is 0 Å². The number of rotatable bonds is 42. The van der Waals surface area contributed by atoms with Gasteiger partial charge in [0, 0.05) is 12.8 Å². The molecule has 0 radical (unpaired) electrons. The minimum atomic E-state index is -4.75. The van der Waals surface area contributed by atoms with Gasteiger partial charge in [-0.15, -0.1) is 0 Å². The standard InChI is InChI=1S/C44H85O8P/c1-3-5-7-9-11-13-15-17-19-20-21-22-23-25-27-29-31-33-35-37-39-44(46)52-42(41-51-53(47,48)49)40-50-43(45)38-36-34-32-30-28-26-24-18-16-14-12-10-8-6-4-2/h26,28,42H,3-25,27,29-41H2,1-2H3,(H2,47,48,49)/b28-26+/t42-/m1/s1. The van der Waals surface area contributed by atoms with E-state index in [0.717, 1.165) is 44.9 Å². The fraction of sp³-hybridized carbons (Fsp3) is 0.909. The summed E-state index contributed by atoms with van der Waals surface area (Å²) in [6, 6.07) is 0. The molecule has 1 atom stereocenters. The normalized spacial score (nSPS) is 12.5. The Labute approximate surface area is 327 Å². The molecule has 8 nitrogen and oxygen atoms in total. The van der Waals surface area contributed by atoms with Crippen LogP contribution in [0.15, 0.2) is 12.2 Å². The Bertz CT molecular complexity index is 873. The fourth-order valence-electron chi connectivity index (χ4n) is 6.66. The molecule has 0 aliphatic heterocycles. The van der Waals surface area contributed by atoms with Crippen LogP contribution < -0.4 is 0 Å². The van der Waals surface area contributed by atoms with Crippen LogP contribution in [0.5, 0.6) is 0 Å². The number of phosphoric acid groups is 1. The lowest BCUT2D eigenvalue weighted by Crippen LogP contribution is -2.29. The zero-order valence-electron chi connectivity index (χ0n) is 34.7. The maximum Gasteiger partial charge on any atom is 0.469 e. The molecule has 0 rings (SSSR count). The molecule has 0 aliphatic carbocycles. The summed E-state index contributed by atoms with van der Waals surface area (Å²) in [5.74, 6) is -0.889. The zero-order valence-corrected chi connectivity index (χ0v) is 35.6. The van der Waals surface area contributed by atoms with Crippen molar-refractivity contribution in [3.63, 3.8) is 0 Å². The van der Waals surface area contributed by atoms with Crippen LogP contribution in [0, 0.1) is 0 Å². The number of phosphoric ester groups is 1. The van der Waals surface area contributed by atoms with Crippen LogP contribution >= 0.6 is 7.82 Å². The molecule has 0 aromatic carbocycles. The summed E-state index contributed by atoms with van der Waals surface area (Å²) in [6.45, 7) is 3.70. The van der Waals surface area contributed by atoms with E-state index in [1.165, 1.54) is 154 Å². The molecule has 0 saturated carbocycles. The molecule has 0 spiro atoms. The second-order valence-electron chi connectivity index (χ2n) is 15.4. The Kier molecular flexibility index (Phi) is 39.5. The number of esters is 2. The van der Waals surface area contributed by atoms with E-state index in [4.69, 9.17) is 19.3 Å². The van der Waals surface area contributed by atoms with Gasteiger partial charge in [-0.1, -0.05) is 199 Å².